The van der Waals surface area contributed by atoms with Gasteiger partial charge in [-0.3, -0.25) is 29.0 Å². The largest absolute Gasteiger partial charge is 0.365 e. The third-order valence-electron chi connectivity index (χ3n) is 6.26. The van der Waals surface area contributed by atoms with Crippen LogP contribution in [-0.4, -0.2) is 42.8 Å². The highest BCUT2D eigenvalue weighted by Gasteiger charge is 2.40. The SMILES string of the molecule is Cc1ccc(NC2SC(=O)N(Cc3ccc(CN4C(=O)SC(Nc5ccc(C)cc5)C4=O)cc3)C2=O)cc1. The number of thioether (sulfide) groups is 2. The highest BCUT2D eigenvalue weighted by atomic mass is 32.2. The highest BCUT2D eigenvalue weighted by Crippen LogP contribution is 2.31. The van der Waals surface area contributed by atoms with Crippen molar-refractivity contribution in [2.24, 2.45) is 0 Å². The Morgan fingerprint density at radius 1 is 0.579 bits per heavy atom. The summed E-state index contributed by atoms with van der Waals surface area (Å²) in [4.78, 5) is 53.3. The zero-order valence-corrected chi connectivity index (χ0v) is 22.5. The van der Waals surface area contributed by atoms with E-state index in [1.165, 1.54) is 9.80 Å². The number of rotatable bonds is 8. The number of nitrogens with one attached hydrogen (secondary N) is 2. The third kappa shape index (κ3) is 5.71. The van der Waals surface area contributed by atoms with Crippen LogP contribution in [0, 0.1) is 13.8 Å². The van der Waals surface area contributed by atoms with Gasteiger partial charge in [0.2, 0.25) is 0 Å². The Labute approximate surface area is 229 Å². The van der Waals surface area contributed by atoms with E-state index in [4.69, 9.17) is 0 Å². The maximum Gasteiger partial charge on any atom is 0.291 e. The van der Waals surface area contributed by atoms with Crippen LogP contribution in [0.25, 0.3) is 0 Å². The summed E-state index contributed by atoms with van der Waals surface area (Å²) in [6.07, 6.45) is 0. The van der Waals surface area contributed by atoms with Crippen LogP contribution in [0.2, 0.25) is 0 Å². The van der Waals surface area contributed by atoms with Gasteiger partial charge in [-0.15, -0.1) is 0 Å². The zero-order valence-electron chi connectivity index (χ0n) is 20.8. The standard InChI is InChI=1S/C28H26N4O4S2/c1-17-3-11-21(12-4-17)29-23-25(33)31(27(35)37-23)15-19-7-9-20(10-8-19)16-32-26(34)24(38-28(32)36)30-22-13-5-18(2)6-14-22/h3-14,23-24,29-30H,15-16H2,1-2H3. The van der Waals surface area contributed by atoms with E-state index in [9.17, 15) is 19.2 Å². The average Bonchev–Trinajstić information content (AvgIpc) is 3.32. The molecule has 2 atom stereocenters. The molecule has 0 spiro atoms. The molecule has 2 unspecified atom stereocenters. The van der Waals surface area contributed by atoms with Crippen molar-refractivity contribution in [1.29, 1.82) is 0 Å². The molecule has 2 aliphatic heterocycles. The number of imide groups is 2. The second kappa shape index (κ2) is 10.9. The lowest BCUT2D eigenvalue weighted by Gasteiger charge is -2.17. The molecule has 0 aromatic heterocycles. The Hall–Kier alpha value is -3.76. The van der Waals surface area contributed by atoms with Gasteiger partial charge in [0.15, 0.2) is 10.7 Å². The van der Waals surface area contributed by atoms with E-state index in [0.717, 1.165) is 57.2 Å². The van der Waals surface area contributed by atoms with Crippen molar-refractivity contribution < 1.29 is 19.2 Å². The van der Waals surface area contributed by atoms with Crippen molar-refractivity contribution in [2.75, 3.05) is 10.6 Å². The summed E-state index contributed by atoms with van der Waals surface area (Å²) in [5, 5.41) is 4.28. The fraction of sp³-hybridized carbons (Fsp3) is 0.214. The number of benzene rings is 3. The average molecular weight is 547 g/mol. The molecular formula is C28H26N4O4S2. The maximum atomic E-state index is 12.9. The Kier molecular flexibility index (Phi) is 7.44. The lowest BCUT2D eigenvalue weighted by atomic mass is 10.1. The lowest BCUT2D eigenvalue weighted by Crippen LogP contribution is -2.34. The summed E-state index contributed by atoms with van der Waals surface area (Å²) in [5.41, 5.74) is 5.33. The third-order valence-corrected chi connectivity index (χ3v) is 8.22. The summed E-state index contributed by atoms with van der Waals surface area (Å²) < 4.78 is 0. The van der Waals surface area contributed by atoms with Crippen molar-refractivity contribution >= 4 is 57.2 Å². The Bertz CT molecular complexity index is 1270. The number of hydrogen-bond acceptors (Lipinski definition) is 8. The topological polar surface area (TPSA) is 98.8 Å². The Morgan fingerprint density at radius 2 is 0.921 bits per heavy atom. The smallest absolute Gasteiger partial charge is 0.291 e. The number of carbonyl (C=O) groups is 4. The molecule has 2 fully saturated rings. The van der Waals surface area contributed by atoms with E-state index >= 15 is 0 Å². The molecule has 3 aromatic rings. The number of amides is 4. The van der Waals surface area contributed by atoms with E-state index in [0.29, 0.717) is 0 Å². The Morgan fingerprint density at radius 3 is 1.26 bits per heavy atom. The number of anilines is 2. The van der Waals surface area contributed by atoms with Crippen LogP contribution in [0.5, 0.6) is 0 Å². The van der Waals surface area contributed by atoms with E-state index in [2.05, 4.69) is 10.6 Å². The van der Waals surface area contributed by atoms with Crippen molar-refractivity contribution in [2.45, 2.75) is 37.7 Å². The van der Waals surface area contributed by atoms with Gasteiger partial charge < -0.3 is 10.6 Å². The van der Waals surface area contributed by atoms with E-state index in [1.54, 1.807) is 0 Å². The van der Waals surface area contributed by atoms with Crippen molar-refractivity contribution in [3.8, 4) is 0 Å². The number of hydrogen-bond donors (Lipinski definition) is 2. The normalized spacial score (nSPS) is 19.4. The summed E-state index contributed by atoms with van der Waals surface area (Å²) in [6.45, 7) is 4.26. The molecule has 10 heteroatoms. The van der Waals surface area contributed by atoms with Crippen LogP contribution in [0.3, 0.4) is 0 Å². The molecule has 2 N–H and O–H groups in total. The Balaban J connectivity index is 1.17. The number of aryl methyl sites for hydroxylation is 2. The fourth-order valence-corrected chi connectivity index (χ4v) is 5.89. The minimum absolute atomic E-state index is 0.150. The molecule has 4 amide bonds. The van der Waals surface area contributed by atoms with Crippen LogP contribution in [0.1, 0.15) is 22.3 Å². The van der Waals surface area contributed by atoms with E-state index < -0.39 is 10.7 Å². The molecule has 0 aliphatic carbocycles. The van der Waals surface area contributed by atoms with Crippen LogP contribution < -0.4 is 10.6 Å². The predicted octanol–water partition coefficient (Wildman–Crippen LogP) is 5.57. The molecule has 38 heavy (non-hydrogen) atoms. The molecule has 3 aromatic carbocycles. The predicted molar refractivity (Wildman–Crippen MR) is 151 cm³/mol. The molecule has 2 heterocycles. The molecule has 2 aliphatic rings. The molecule has 0 radical (unpaired) electrons. The second-order valence-corrected chi connectivity index (χ2v) is 11.3. The first-order chi connectivity index (χ1) is 18.3. The van der Waals surface area contributed by atoms with Crippen molar-refractivity contribution in [3.63, 3.8) is 0 Å². The summed E-state index contributed by atoms with van der Waals surface area (Å²) >= 11 is 1.93. The minimum Gasteiger partial charge on any atom is -0.365 e. The molecule has 5 rings (SSSR count). The van der Waals surface area contributed by atoms with Crippen molar-refractivity contribution in [3.05, 3.63) is 95.1 Å². The van der Waals surface area contributed by atoms with Gasteiger partial charge in [-0.25, -0.2) is 0 Å². The highest BCUT2D eigenvalue weighted by molar-refractivity contribution is 8.15. The fourth-order valence-electron chi connectivity index (χ4n) is 4.08. The van der Waals surface area contributed by atoms with Gasteiger partial charge in [0, 0.05) is 11.4 Å². The quantitative estimate of drug-likeness (QED) is 0.378. The zero-order chi connectivity index (χ0) is 26.8. The lowest BCUT2D eigenvalue weighted by molar-refractivity contribution is -0.127. The first kappa shape index (κ1) is 25.9. The van der Waals surface area contributed by atoms with Gasteiger partial charge in [-0.1, -0.05) is 59.7 Å². The van der Waals surface area contributed by atoms with Crippen molar-refractivity contribution in [1.82, 2.24) is 9.80 Å². The summed E-state index contributed by atoms with van der Waals surface area (Å²) in [6, 6.07) is 22.5. The number of carbonyl (C=O) groups excluding carboxylic acids is 4. The van der Waals surface area contributed by atoms with Crippen LogP contribution in [0.15, 0.2) is 72.8 Å². The molecule has 2 saturated heterocycles. The molecule has 8 nitrogen and oxygen atoms in total. The maximum absolute atomic E-state index is 12.9. The van der Waals surface area contributed by atoms with Crippen LogP contribution in [0.4, 0.5) is 21.0 Å². The van der Waals surface area contributed by atoms with Gasteiger partial charge in [0.25, 0.3) is 22.3 Å². The molecule has 0 bridgehead atoms. The van der Waals surface area contributed by atoms with Crippen LogP contribution >= 0.6 is 23.5 Å². The van der Waals surface area contributed by atoms with E-state index in [-0.39, 0.29) is 35.4 Å². The second-order valence-electron chi connectivity index (χ2n) is 9.21. The first-order valence-corrected chi connectivity index (χ1v) is 13.8. The molecule has 0 saturated carbocycles. The van der Waals surface area contributed by atoms with Gasteiger partial charge >= 0.3 is 0 Å². The first-order valence-electron chi connectivity index (χ1n) is 12.0. The summed E-state index contributed by atoms with van der Waals surface area (Å²) in [5.74, 6) is -0.580. The van der Waals surface area contributed by atoms with Gasteiger partial charge in [-0.05, 0) is 72.8 Å². The van der Waals surface area contributed by atoms with E-state index in [1.807, 2.05) is 86.6 Å². The molecular weight excluding hydrogens is 520 g/mol. The van der Waals surface area contributed by atoms with Gasteiger partial charge in [0.1, 0.15) is 0 Å². The van der Waals surface area contributed by atoms with Crippen LogP contribution in [-0.2, 0) is 22.7 Å². The summed E-state index contributed by atoms with van der Waals surface area (Å²) in [7, 11) is 0. The number of nitrogens with zero attached hydrogens (tertiary/aromatic N) is 2. The van der Waals surface area contributed by atoms with Gasteiger partial charge in [0.05, 0.1) is 13.1 Å². The molecule has 194 valence electrons. The van der Waals surface area contributed by atoms with Gasteiger partial charge in [-0.2, -0.15) is 0 Å². The minimum atomic E-state index is -0.671. The monoisotopic (exact) mass is 546 g/mol.